The minimum absolute atomic E-state index is 0.790. The highest BCUT2D eigenvalue weighted by molar-refractivity contribution is 5.27. The molecule has 0 bridgehead atoms. The van der Waals surface area contributed by atoms with E-state index in [0.29, 0.717) is 0 Å². The first-order valence-corrected chi connectivity index (χ1v) is 10.8. The van der Waals surface area contributed by atoms with Crippen LogP contribution in [-0.4, -0.2) is 43.0 Å². The Labute approximate surface area is 165 Å². The van der Waals surface area contributed by atoms with Crippen LogP contribution in [0, 0.1) is 5.92 Å². The maximum absolute atomic E-state index is 2.58. The van der Waals surface area contributed by atoms with Crippen LogP contribution in [0.3, 0.4) is 0 Å². The molecule has 1 aliphatic heterocycles. The van der Waals surface area contributed by atoms with Gasteiger partial charge in [0.25, 0.3) is 0 Å². The molecule has 2 fully saturated rings. The molecule has 144 valence electrons. The third-order valence-corrected chi connectivity index (χ3v) is 6.49. The molecule has 0 unspecified atom stereocenters. The Morgan fingerprint density at radius 2 is 1.59 bits per heavy atom. The van der Waals surface area contributed by atoms with E-state index in [4.69, 9.17) is 0 Å². The monoisotopic (exact) mass is 362 g/mol. The van der Waals surface area contributed by atoms with E-state index in [9.17, 15) is 0 Å². The van der Waals surface area contributed by atoms with Crippen LogP contribution < -0.4 is 0 Å². The Hall–Kier alpha value is -1.64. The van der Waals surface area contributed by atoms with Crippen molar-refractivity contribution in [2.45, 2.75) is 44.6 Å². The van der Waals surface area contributed by atoms with E-state index in [1.807, 2.05) is 0 Å². The van der Waals surface area contributed by atoms with Crippen molar-refractivity contribution in [3.63, 3.8) is 0 Å². The van der Waals surface area contributed by atoms with Crippen molar-refractivity contribution in [2.24, 2.45) is 5.92 Å². The van der Waals surface area contributed by atoms with E-state index in [-0.39, 0.29) is 0 Å². The third kappa shape index (κ3) is 5.21. The summed E-state index contributed by atoms with van der Waals surface area (Å²) >= 11 is 0. The van der Waals surface area contributed by atoms with Crippen molar-refractivity contribution in [3.05, 3.63) is 71.3 Å². The molecule has 2 aromatic rings. The van der Waals surface area contributed by atoms with Gasteiger partial charge in [0, 0.05) is 19.6 Å². The van der Waals surface area contributed by atoms with Gasteiger partial charge in [-0.15, -0.1) is 0 Å². The summed E-state index contributed by atoms with van der Waals surface area (Å²) in [7, 11) is 2.28. The number of hydrogen-bond acceptors (Lipinski definition) is 2. The van der Waals surface area contributed by atoms with E-state index in [2.05, 4.69) is 71.4 Å². The van der Waals surface area contributed by atoms with Crippen molar-refractivity contribution in [2.75, 3.05) is 33.2 Å². The third-order valence-electron chi connectivity index (χ3n) is 6.49. The van der Waals surface area contributed by atoms with E-state index < -0.39 is 0 Å². The lowest BCUT2D eigenvalue weighted by molar-refractivity contribution is 0.182. The van der Waals surface area contributed by atoms with Crippen LogP contribution >= 0.6 is 0 Å². The fraction of sp³-hybridized carbons (Fsp3) is 0.520. The van der Waals surface area contributed by atoms with Crippen LogP contribution in [0.5, 0.6) is 0 Å². The van der Waals surface area contributed by atoms with Gasteiger partial charge in [-0.05, 0) is 80.8 Å². The summed E-state index contributed by atoms with van der Waals surface area (Å²) in [5.74, 6) is 1.67. The van der Waals surface area contributed by atoms with Crippen molar-refractivity contribution in [3.8, 4) is 0 Å². The summed E-state index contributed by atoms with van der Waals surface area (Å²) in [4.78, 5) is 5.10. The minimum atomic E-state index is 0.790. The lowest BCUT2D eigenvalue weighted by atomic mass is 9.71. The van der Waals surface area contributed by atoms with Crippen molar-refractivity contribution >= 4 is 0 Å². The van der Waals surface area contributed by atoms with Gasteiger partial charge < -0.3 is 4.90 Å². The first kappa shape index (κ1) is 18.7. The summed E-state index contributed by atoms with van der Waals surface area (Å²) in [6.45, 7) is 6.11. The summed E-state index contributed by atoms with van der Waals surface area (Å²) in [6, 6.07) is 20.4. The van der Waals surface area contributed by atoms with Gasteiger partial charge in [-0.2, -0.15) is 0 Å². The molecule has 2 aliphatic rings. The van der Waals surface area contributed by atoms with Crippen molar-refractivity contribution in [1.29, 1.82) is 0 Å². The molecule has 1 saturated carbocycles. The van der Waals surface area contributed by atoms with Crippen molar-refractivity contribution < 1.29 is 0 Å². The van der Waals surface area contributed by atoms with Gasteiger partial charge in [-0.25, -0.2) is 0 Å². The van der Waals surface area contributed by atoms with Gasteiger partial charge in [0.05, 0.1) is 0 Å². The fourth-order valence-electron chi connectivity index (χ4n) is 4.75. The van der Waals surface area contributed by atoms with Crippen LogP contribution in [0.1, 0.15) is 48.3 Å². The second-order valence-electron chi connectivity index (χ2n) is 8.76. The van der Waals surface area contributed by atoms with Crippen LogP contribution in [-0.2, 0) is 13.0 Å². The summed E-state index contributed by atoms with van der Waals surface area (Å²) in [5, 5.41) is 0. The zero-order chi connectivity index (χ0) is 18.5. The SMILES string of the molecule is CN(CCc1ccccc1)CC1CC(c2ccc(CN3CCCC3)cc2)C1. The van der Waals surface area contributed by atoms with E-state index >= 15 is 0 Å². The first-order valence-electron chi connectivity index (χ1n) is 10.8. The fourth-order valence-corrected chi connectivity index (χ4v) is 4.75. The molecule has 0 aromatic heterocycles. The van der Waals surface area contributed by atoms with E-state index in [1.54, 1.807) is 5.56 Å². The maximum atomic E-state index is 2.58. The highest BCUT2D eigenvalue weighted by Crippen LogP contribution is 2.41. The summed E-state index contributed by atoms with van der Waals surface area (Å²) in [6.07, 6.45) is 6.64. The molecular weight excluding hydrogens is 328 g/mol. The highest BCUT2D eigenvalue weighted by atomic mass is 15.1. The van der Waals surface area contributed by atoms with Crippen LogP contribution in [0.4, 0.5) is 0 Å². The Morgan fingerprint density at radius 1 is 0.889 bits per heavy atom. The number of rotatable bonds is 8. The lowest BCUT2D eigenvalue weighted by Gasteiger charge is -2.38. The lowest BCUT2D eigenvalue weighted by Crippen LogP contribution is -2.34. The van der Waals surface area contributed by atoms with Gasteiger partial charge >= 0.3 is 0 Å². The molecule has 4 rings (SSSR count). The van der Waals surface area contributed by atoms with Crippen LogP contribution in [0.2, 0.25) is 0 Å². The Kier molecular flexibility index (Phi) is 6.26. The average molecular weight is 363 g/mol. The van der Waals surface area contributed by atoms with E-state index in [0.717, 1.165) is 31.3 Å². The summed E-state index contributed by atoms with van der Waals surface area (Å²) < 4.78 is 0. The van der Waals surface area contributed by atoms with E-state index in [1.165, 1.54) is 56.4 Å². The molecule has 1 saturated heterocycles. The topological polar surface area (TPSA) is 6.48 Å². The van der Waals surface area contributed by atoms with Gasteiger partial charge in [-0.3, -0.25) is 4.90 Å². The molecule has 2 nitrogen and oxygen atoms in total. The number of hydrogen-bond donors (Lipinski definition) is 0. The predicted octanol–water partition coefficient (Wildman–Crippen LogP) is 4.95. The van der Waals surface area contributed by atoms with Crippen LogP contribution in [0.15, 0.2) is 54.6 Å². The molecule has 0 N–H and O–H groups in total. The van der Waals surface area contributed by atoms with Gasteiger partial charge in [0.1, 0.15) is 0 Å². The van der Waals surface area contributed by atoms with Crippen molar-refractivity contribution in [1.82, 2.24) is 9.80 Å². The molecule has 2 aromatic carbocycles. The maximum Gasteiger partial charge on any atom is 0.0233 e. The Bertz CT molecular complexity index is 682. The largest absolute Gasteiger partial charge is 0.306 e. The molecule has 0 radical (unpaired) electrons. The molecular formula is C25H34N2. The zero-order valence-corrected chi connectivity index (χ0v) is 16.8. The molecule has 2 heteroatoms. The Morgan fingerprint density at radius 3 is 2.30 bits per heavy atom. The zero-order valence-electron chi connectivity index (χ0n) is 16.8. The Balaban J connectivity index is 1.17. The molecule has 0 atom stereocenters. The minimum Gasteiger partial charge on any atom is -0.306 e. The smallest absolute Gasteiger partial charge is 0.0233 e. The number of likely N-dealkylation sites (N-methyl/N-ethyl adjacent to an activating group) is 1. The predicted molar refractivity (Wildman–Crippen MR) is 114 cm³/mol. The van der Waals surface area contributed by atoms with Gasteiger partial charge in [-0.1, -0.05) is 54.6 Å². The number of nitrogens with zero attached hydrogens (tertiary/aromatic N) is 2. The summed E-state index contributed by atoms with van der Waals surface area (Å²) in [5.41, 5.74) is 4.49. The average Bonchev–Trinajstić information content (AvgIpc) is 3.17. The first-order chi connectivity index (χ1) is 13.3. The second-order valence-corrected chi connectivity index (χ2v) is 8.76. The molecule has 0 amide bonds. The molecule has 1 heterocycles. The normalized spacial score (nSPS) is 22.9. The second kappa shape index (κ2) is 9.03. The molecule has 0 spiro atoms. The number of likely N-dealkylation sites (tertiary alicyclic amines) is 1. The number of benzene rings is 2. The standard InChI is InChI=1S/C25H34N2/c1-26(16-13-21-7-3-2-4-8-21)19-23-17-25(18-23)24-11-9-22(10-12-24)20-27-14-5-6-15-27/h2-4,7-12,23,25H,5-6,13-20H2,1H3. The molecule has 1 aliphatic carbocycles. The quantitative estimate of drug-likeness (QED) is 0.655. The molecule has 27 heavy (non-hydrogen) atoms. The van der Waals surface area contributed by atoms with Gasteiger partial charge in [0.2, 0.25) is 0 Å². The highest BCUT2D eigenvalue weighted by Gasteiger charge is 2.30. The van der Waals surface area contributed by atoms with Crippen LogP contribution in [0.25, 0.3) is 0 Å². The van der Waals surface area contributed by atoms with Gasteiger partial charge in [0.15, 0.2) is 0 Å².